The summed E-state index contributed by atoms with van der Waals surface area (Å²) in [5.74, 6) is 0.686. The van der Waals surface area contributed by atoms with Crippen LogP contribution in [0.3, 0.4) is 0 Å². The average Bonchev–Trinajstić information content (AvgIpc) is 2.36. The van der Waals surface area contributed by atoms with E-state index in [1.807, 2.05) is 30.3 Å². The van der Waals surface area contributed by atoms with Crippen LogP contribution in [-0.4, -0.2) is 11.9 Å². The Bertz CT molecular complexity index is 492. The molecule has 1 aromatic rings. The van der Waals surface area contributed by atoms with E-state index in [0.29, 0.717) is 6.42 Å². The fourth-order valence-electron chi connectivity index (χ4n) is 2.73. The lowest BCUT2D eigenvalue weighted by Crippen LogP contribution is -2.35. The maximum absolute atomic E-state index is 5.62. The molecule has 6 heteroatoms. The Morgan fingerprint density at radius 2 is 1.57 bits per heavy atom. The summed E-state index contributed by atoms with van der Waals surface area (Å²) >= 11 is 0. The molecule has 6 nitrogen and oxygen atoms in total. The first-order valence-corrected chi connectivity index (χ1v) is 7.29. The van der Waals surface area contributed by atoms with E-state index in [-0.39, 0.29) is 11.9 Å². The van der Waals surface area contributed by atoms with Crippen molar-refractivity contribution in [3.8, 4) is 0 Å². The first-order valence-electron chi connectivity index (χ1n) is 7.29. The third-order valence-corrected chi connectivity index (χ3v) is 3.99. The highest BCUT2D eigenvalue weighted by molar-refractivity contribution is 5.78. The highest BCUT2D eigenvalue weighted by atomic mass is 15.2. The summed E-state index contributed by atoms with van der Waals surface area (Å²) in [6.07, 6.45) is 5.51. The minimum Gasteiger partial charge on any atom is -0.370 e. The smallest absolute Gasteiger partial charge is 0.188 e. The number of aliphatic imine (C=N–C) groups is 2. The Labute approximate surface area is 125 Å². The molecule has 114 valence electrons. The van der Waals surface area contributed by atoms with E-state index >= 15 is 0 Å². The van der Waals surface area contributed by atoms with Gasteiger partial charge < -0.3 is 22.9 Å². The van der Waals surface area contributed by atoms with Crippen molar-refractivity contribution in [2.45, 2.75) is 37.8 Å². The second-order valence-corrected chi connectivity index (χ2v) is 5.59. The molecule has 0 saturated heterocycles. The lowest BCUT2D eigenvalue weighted by atomic mass is 9.79. The molecular formula is C15H24N6. The Balaban J connectivity index is 2.37. The van der Waals surface area contributed by atoms with E-state index in [1.165, 1.54) is 19.3 Å². The van der Waals surface area contributed by atoms with Gasteiger partial charge in [0.2, 0.25) is 0 Å². The molecule has 21 heavy (non-hydrogen) atoms. The average molecular weight is 288 g/mol. The molecule has 0 spiro atoms. The van der Waals surface area contributed by atoms with Gasteiger partial charge in [-0.25, -0.2) is 9.98 Å². The van der Waals surface area contributed by atoms with Crippen molar-refractivity contribution >= 4 is 11.9 Å². The van der Waals surface area contributed by atoms with Crippen LogP contribution >= 0.6 is 0 Å². The second kappa shape index (κ2) is 6.47. The normalized spacial score (nSPS) is 15.0. The largest absolute Gasteiger partial charge is 0.370 e. The lowest BCUT2D eigenvalue weighted by Gasteiger charge is -2.31. The number of nitrogens with zero attached hydrogens (tertiary/aromatic N) is 2. The van der Waals surface area contributed by atoms with Crippen LogP contribution in [0.4, 0.5) is 0 Å². The molecule has 1 aliphatic carbocycles. The molecule has 0 atom stereocenters. The third-order valence-electron chi connectivity index (χ3n) is 3.99. The first kappa shape index (κ1) is 15.2. The molecule has 0 aliphatic heterocycles. The van der Waals surface area contributed by atoms with Gasteiger partial charge in [0.15, 0.2) is 17.6 Å². The number of hydrogen-bond donors (Lipinski definition) is 4. The maximum atomic E-state index is 5.62. The van der Waals surface area contributed by atoms with Crippen molar-refractivity contribution in [2.75, 3.05) is 0 Å². The van der Waals surface area contributed by atoms with Crippen molar-refractivity contribution in [1.29, 1.82) is 0 Å². The van der Waals surface area contributed by atoms with Gasteiger partial charge in [-0.3, -0.25) is 0 Å². The van der Waals surface area contributed by atoms with Crippen molar-refractivity contribution < 1.29 is 0 Å². The second-order valence-electron chi connectivity index (χ2n) is 5.59. The Morgan fingerprint density at radius 1 is 1.00 bits per heavy atom. The number of nitrogens with two attached hydrogens (primary N) is 4. The predicted octanol–water partition coefficient (Wildman–Crippen LogP) is 0.967. The van der Waals surface area contributed by atoms with Crippen LogP contribution < -0.4 is 22.9 Å². The number of guanidine groups is 2. The molecule has 0 radical (unpaired) electrons. The minimum absolute atomic E-state index is 0.0162. The fourth-order valence-corrected chi connectivity index (χ4v) is 2.73. The summed E-state index contributed by atoms with van der Waals surface area (Å²) in [6, 6.07) is 9.68. The van der Waals surface area contributed by atoms with E-state index in [4.69, 9.17) is 22.9 Å². The van der Waals surface area contributed by atoms with Crippen molar-refractivity contribution in [1.82, 2.24) is 0 Å². The SMILES string of the molecule is NC(N)=NC(CCC1CCC1)(N=C(N)N)c1ccccc1. The van der Waals surface area contributed by atoms with Crippen LogP contribution in [0, 0.1) is 5.92 Å². The molecule has 2 rings (SSSR count). The van der Waals surface area contributed by atoms with E-state index in [9.17, 15) is 0 Å². The van der Waals surface area contributed by atoms with Gasteiger partial charge in [-0.2, -0.15) is 0 Å². The van der Waals surface area contributed by atoms with Crippen molar-refractivity contribution in [2.24, 2.45) is 38.8 Å². The van der Waals surface area contributed by atoms with Gasteiger partial charge in [0.05, 0.1) is 0 Å². The number of rotatable bonds is 6. The molecule has 0 bridgehead atoms. The van der Waals surface area contributed by atoms with E-state index in [0.717, 1.165) is 17.9 Å². The van der Waals surface area contributed by atoms with Gasteiger partial charge in [0.25, 0.3) is 0 Å². The summed E-state index contributed by atoms with van der Waals surface area (Å²) in [5, 5.41) is 0. The monoisotopic (exact) mass is 288 g/mol. The van der Waals surface area contributed by atoms with Gasteiger partial charge in [0, 0.05) is 5.56 Å². The zero-order valence-electron chi connectivity index (χ0n) is 12.2. The number of benzene rings is 1. The topological polar surface area (TPSA) is 129 Å². The molecule has 0 heterocycles. The summed E-state index contributed by atoms with van der Waals surface area (Å²) in [5.41, 5.74) is 22.5. The van der Waals surface area contributed by atoms with Gasteiger partial charge in [0.1, 0.15) is 0 Å². The number of hydrogen-bond acceptors (Lipinski definition) is 2. The van der Waals surface area contributed by atoms with Crippen LogP contribution in [-0.2, 0) is 5.66 Å². The van der Waals surface area contributed by atoms with Crippen molar-refractivity contribution in [3.63, 3.8) is 0 Å². The standard InChI is InChI=1S/C15H24N6/c16-13(17)20-15(21-14(18)19,10-9-11-5-4-6-11)12-7-2-1-3-8-12/h1-3,7-8,11H,4-6,9-10H2,(H4,16,17,20)(H4,18,19,21). The summed E-state index contributed by atoms with van der Waals surface area (Å²) in [7, 11) is 0. The fraction of sp³-hybridized carbons (Fsp3) is 0.467. The maximum Gasteiger partial charge on any atom is 0.188 e. The minimum atomic E-state index is -0.922. The van der Waals surface area contributed by atoms with Crippen molar-refractivity contribution in [3.05, 3.63) is 35.9 Å². The van der Waals surface area contributed by atoms with Gasteiger partial charge in [-0.05, 0) is 18.8 Å². The molecule has 8 N–H and O–H groups in total. The molecule has 1 fully saturated rings. The molecule has 1 aromatic carbocycles. The van der Waals surface area contributed by atoms with Crippen LogP contribution in [0.25, 0.3) is 0 Å². The zero-order chi connectivity index (χ0) is 15.3. The molecule has 0 amide bonds. The van der Waals surface area contributed by atoms with E-state index in [1.54, 1.807) is 0 Å². The third kappa shape index (κ3) is 3.87. The first-order chi connectivity index (χ1) is 10.0. The van der Waals surface area contributed by atoms with Gasteiger partial charge in [-0.15, -0.1) is 0 Å². The van der Waals surface area contributed by atoms with E-state index in [2.05, 4.69) is 9.98 Å². The molecule has 0 unspecified atom stereocenters. The van der Waals surface area contributed by atoms with Crippen LogP contribution in [0.5, 0.6) is 0 Å². The van der Waals surface area contributed by atoms with Gasteiger partial charge in [-0.1, -0.05) is 49.6 Å². The lowest BCUT2D eigenvalue weighted by molar-refractivity contribution is 0.258. The quantitative estimate of drug-likeness (QED) is 0.459. The Hall–Kier alpha value is -2.24. The predicted molar refractivity (Wildman–Crippen MR) is 86.3 cm³/mol. The van der Waals surface area contributed by atoms with Crippen LogP contribution in [0.2, 0.25) is 0 Å². The molecular weight excluding hydrogens is 264 g/mol. The summed E-state index contributed by atoms with van der Waals surface area (Å²) in [6.45, 7) is 0. The Morgan fingerprint density at radius 3 is 2.00 bits per heavy atom. The molecule has 1 saturated carbocycles. The molecule has 1 aliphatic rings. The zero-order valence-corrected chi connectivity index (χ0v) is 12.2. The highest BCUT2D eigenvalue weighted by Gasteiger charge is 2.33. The Kier molecular flexibility index (Phi) is 4.67. The van der Waals surface area contributed by atoms with Crippen LogP contribution in [0.1, 0.15) is 37.7 Å². The summed E-state index contributed by atoms with van der Waals surface area (Å²) in [4.78, 5) is 8.75. The molecule has 0 aromatic heterocycles. The summed E-state index contributed by atoms with van der Waals surface area (Å²) < 4.78 is 0. The highest BCUT2D eigenvalue weighted by Crippen LogP contribution is 2.38. The van der Waals surface area contributed by atoms with E-state index < -0.39 is 5.66 Å². The van der Waals surface area contributed by atoms with Gasteiger partial charge >= 0.3 is 0 Å². The van der Waals surface area contributed by atoms with Crippen LogP contribution in [0.15, 0.2) is 40.3 Å².